The van der Waals surface area contributed by atoms with Gasteiger partial charge in [0, 0.05) is 61.5 Å². The molecule has 2 aliphatic heterocycles. The topological polar surface area (TPSA) is 71.1 Å². The first-order valence-corrected chi connectivity index (χ1v) is 20.5. The van der Waals surface area contributed by atoms with E-state index in [1.54, 1.807) is 0 Å². The smallest absolute Gasteiger partial charge is 0.255 e. The molecule has 2 heterocycles. The highest BCUT2D eigenvalue weighted by molar-refractivity contribution is 6.04. The Labute approximate surface area is 342 Å². The maximum absolute atomic E-state index is 13.3. The largest absolute Gasteiger partial charge is 0.490 e. The molecule has 0 aromatic heterocycles. The molecule has 2 saturated heterocycles. The van der Waals surface area contributed by atoms with Gasteiger partial charge in [0.1, 0.15) is 24.2 Å². The van der Waals surface area contributed by atoms with Gasteiger partial charge >= 0.3 is 0 Å². The minimum Gasteiger partial charge on any atom is -0.490 e. The van der Waals surface area contributed by atoms with Gasteiger partial charge in [-0.25, -0.2) is 0 Å². The van der Waals surface area contributed by atoms with Gasteiger partial charge in [0.2, 0.25) is 0 Å². The number of carbonyl (C=O) groups excluding carboxylic acids is 2. The van der Waals surface area contributed by atoms with Gasteiger partial charge in [-0.15, -0.1) is 0 Å². The van der Waals surface area contributed by atoms with Crippen molar-refractivity contribution in [2.75, 3.05) is 36.4 Å². The molecule has 0 bridgehead atoms. The van der Waals surface area contributed by atoms with Gasteiger partial charge in [0.15, 0.2) is 0 Å². The number of piperidine rings is 2. The minimum absolute atomic E-state index is 0.0857. The van der Waals surface area contributed by atoms with E-state index in [4.69, 9.17) is 9.47 Å². The van der Waals surface area contributed by atoms with Gasteiger partial charge in [-0.2, -0.15) is 0 Å². The number of aryl methyl sites for hydroxylation is 2. The fraction of sp³-hybridized carbons (Fsp3) is 0.255. The molecule has 7 nitrogen and oxygen atoms in total. The lowest BCUT2D eigenvalue weighted by Gasteiger charge is -2.35. The van der Waals surface area contributed by atoms with Crippen molar-refractivity contribution in [3.63, 3.8) is 0 Å². The number of hydrogen-bond acceptors (Lipinski definition) is 5. The number of benzene rings is 6. The zero-order valence-corrected chi connectivity index (χ0v) is 33.4. The summed E-state index contributed by atoms with van der Waals surface area (Å²) in [4.78, 5) is 30.5. The average Bonchev–Trinajstić information content (AvgIpc) is 3.28. The second-order valence-corrected chi connectivity index (χ2v) is 15.6. The van der Waals surface area contributed by atoms with Gasteiger partial charge in [0.25, 0.3) is 11.8 Å². The van der Waals surface area contributed by atoms with E-state index in [-0.39, 0.29) is 17.9 Å². The monoisotopic (exact) mass is 769 g/mol. The van der Waals surface area contributed by atoms with Crippen LogP contribution in [0.4, 0.5) is 11.4 Å². The predicted octanol–water partition coefficient (Wildman–Crippen LogP) is 10.9. The highest BCUT2D eigenvalue weighted by Gasteiger charge is 2.25. The van der Waals surface area contributed by atoms with Crippen molar-refractivity contribution in [1.29, 1.82) is 0 Å². The van der Waals surface area contributed by atoms with Crippen molar-refractivity contribution in [3.05, 3.63) is 179 Å². The van der Waals surface area contributed by atoms with E-state index in [0.29, 0.717) is 31.2 Å². The Kier molecular flexibility index (Phi) is 11.9. The first kappa shape index (κ1) is 38.5. The maximum Gasteiger partial charge on any atom is 0.255 e. The molecular formula is C51H51N3O4. The third-order valence-corrected chi connectivity index (χ3v) is 11.6. The highest BCUT2D eigenvalue weighted by atomic mass is 16.5. The number of nitrogens with one attached hydrogen (secondary N) is 1. The number of ether oxygens (including phenoxy) is 2. The van der Waals surface area contributed by atoms with Gasteiger partial charge in [-0.05, 0) is 121 Å². The van der Waals surface area contributed by atoms with Crippen molar-refractivity contribution in [2.45, 2.75) is 58.2 Å². The van der Waals surface area contributed by atoms with Crippen molar-refractivity contribution in [3.8, 4) is 22.6 Å². The summed E-state index contributed by atoms with van der Waals surface area (Å²) in [5.41, 5.74) is 10.3. The number of hydrogen-bond donors (Lipinski definition) is 1. The summed E-state index contributed by atoms with van der Waals surface area (Å²) in [6.45, 7) is 7.99. The molecule has 8 rings (SSSR count). The molecule has 1 N–H and O–H groups in total. The second kappa shape index (κ2) is 17.9. The Bertz CT molecular complexity index is 2290. The second-order valence-electron chi connectivity index (χ2n) is 15.6. The average molecular weight is 770 g/mol. The Morgan fingerprint density at radius 3 is 1.93 bits per heavy atom. The standard InChI is InChI=1S/C51H51N3O4/c1-36-8-13-44(14-9-36)51(56)54-32-28-48(29-33-54)58-47-22-11-38(12-23-47)35-57-46-24-19-41(20-25-46)40-15-17-43(18-16-40)50(55)52-45-21-10-37(2)49(34-45)53-30-26-42(27-31-53)39-6-4-3-5-7-39/h3-25,34,42,48H,26-33,35H2,1-2H3,(H,52,55). The van der Waals surface area contributed by atoms with Gasteiger partial charge in [-0.3, -0.25) is 9.59 Å². The number of nitrogens with zero attached hydrogens (tertiary/aromatic N) is 2. The summed E-state index contributed by atoms with van der Waals surface area (Å²) < 4.78 is 12.4. The van der Waals surface area contributed by atoms with E-state index in [1.807, 2.05) is 115 Å². The summed E-state index contributed by atoms with van der Waals surface area (Å²) >= 11 is 0. The van der Waals surface area contributed by atoms with E-state index in [9.17, 15) is 9.59 Å². The van der Waals surface area contributed by atoms with Crippen LogP contribution in [0.2, 0.25) is 0 Å². The Hall–Kier alpha value is -6.34. The van der Waals surface area contributed by atoms with Gasteiger partial charge in [-0.1, -0.05) is 90.5 Å². The van der Waals surface area contributed by atoms with Crippen LogP contribution in [-0.2, 0) is 6.61 Å². The van der Waals surface area contributed by atoms with Crippen LogP contribution in [0.3, 0.4) is 0 Å². The lowest BCUT2D eigenvalue weighted by molar-refractivity contribution is 0.0595. The van der Waals surface area contributed by atoms with Crippen LogP contribution in [0.25, 0.3) is 11.1 Å². The number of likely N-dealkylation sites (tertiary alicyclic amines) is 1. The molecule has 0 radical (unpaired) electrons. The quantitative estimate of drug-likeness (QED) is 0.142. The fourth-order valence-electron chi connectivity index (χ4n) is 8.05. The molecular weight excluding hydrogens is 719 g/mol. The van der Waals surface area contributed by atoms with Crippen molar-refractivity contribution >= 4 is 23.2 Å². The lowest BCUT2D eigenvalue weighted by Crippen LogP contribution is -2.41. The number of carbonyl (C=O) groups is 2. The summed E-state index contributed by atoms with van der Waals surface area (Å²) in [5, 5.41) is 3.12. The molecule has 7 heteroatoms. The van der Waals surface area contributed by atoms with Crippen molar-refractivity contribution < 1.29 is 19.1 Å². The molecule has 0 saturated carbocycles. The Morgan fingerprint density at radius 2 is 1.26 bits per heavy atom. The third-order valence-electron chi connectivity index (χ3n) is 11.6. The summed E-state index contributed by atoms with van der Waals surface area (Å²) in [7, 11) is 0. The van der Waals surface area contributed by atoms with E-state index in [0.717, 1.165) is 83.8 Å². The Morgan fingerprint density at radius 1 is 0.638 bits per heavy atom. The Balaban J connectivity index is 0.785. The number of rotatable bonds is 11. The van der Waals surface area contributed by atoms with Crippen LogP contribution in [0.15, 0.2) is 146 Å². The number of anilines is 2. The van der Waals surface area contributed by atoms with Crippen LogP contribution >= 0.6 is 0 Å². The summed E-state index contributed by atoms with van der Waals surface area (Å²) in [6.07, 6.45) is 3.95. The molecule has 0 atom stereocenters. The van der Waals surface area contributed by atoms with Crippen LogP contribution < -0.4 is 19.7 Å². The summed E-state index contributed by atoms with van der Waals surface area (Å²) in [6, 6.07) is 48.6. The molecule has 6 aromatic rings. The molecule has 0 aliphatic carbocycles. The molecule has 294 valence electrons. The van der Waals surface area contributed by atoms with Crippen LogP contribution in [-0.4, -0.2) is 49.0 Å². The first-order valence-electron chi connectivity index (χ1n) is 20.5. The van der Waals surface area contributed by atoms with Crippen LogP contribution in [0.1, 0.15) is 74.6 Å². The van der Waals surface area contributed by atoms with Crippen LogP contribution in [0.5, 0.6) is 11.5 Å². The normalized spacial score (nSPS) is 14.9. The number of amides is 2. The molecule has 58 heavy (non-hydrogen) atoms. The molecule has 2 amide bonds. The molecule has 0 unspecified atom stereocenters. The molecule has 2 aliphatic rings. The van der Waals surface area contributed by atoms with E-state index >= 15 is 0 Å². The first-order chi connectivity index (χ1) is 28.3. The van der Waals surface area contributed by atoms with Crippen molar-refractivity contribution in [2.24, 2.45) is 0 Å². The molecule has 2 fully saturated rings. The SMILES string of the molecule is Cc1ccc(C(=O)N2CCC(Oc3ccc(COc4ccc(-c5ccc(C(=O)Nc6ccc(C)c(N7CCC(c8ccccc8)CC7)c6)cc5)cc4)cc3)CC2)cc1. The van der Waals surface area contributed by atoms with E-state index in [2.05, 4.69) is 59.6 Å². The highest BCUT2D eigenvalue weighted by Crippen LogP contribution is 2.33. The maximum atomic E-state index is 13.3. The molecule has 6 aromatic carbocycles. The predicted molar refractivity (Wildman–Crippen MR) is 233 cm³/mol. The van der Waals surface area contributed by atoms with Gasteiger partial charge < -0.3 is 24.6 Å². The van der Waals surface area contributed by atoms with E-state index in [1.165, 1.54) is 16.8 Å². The zero-order valence-electron chi connectivity index (χ0n) is 33.4. The van der Waals surface area contributed by atoms with Gasteiger partial charge in [0.05, 0.1) is 0 Å². The van der Waals surface area contributed by atoms with Crippen LogP contribution in [0, 0.1) is 13.8 Å². The van der Waals surface area contributed by atoms with Crippen molar-refractivity contribution in [1.82, 2.24) is 4.90 Å². The zero-order chi connectivity index (χ0) is 39.8. The summed E-state index contributed by atoms with van der Waals surface area (Å²) in [5.74, 6) is 2.17. The van der Waals surface area contributed by atoms with E-state index < -0.39 is 0 Å². The fourth-order valence-corrected chi connectivity index (χ4v) is 8.05. The lowest BCUT2D eigenvalue weighted by atomic mass is 9.89. The third kappa shape index (κ3) is 9.43. The minimum atomic E-state index is -0.125. The molecule has 0 spiro atoms.